The summed E-state index contributed by atoms with van der Waals surface area (Å²) in [6, 6.07) is 0. The number of carbonyl (C=O) groups excluding carboxylic acids is 2. The number of ether oxygens (including phenoxy) is 10. The Labute approximate surface area is 366 Å². The van der Waals surface area contributed by atoms with Crippen LogP contribution in [-0.2, 0) is 57.0 Å². The van der Waals surface area contributed by atoms with Gasteiger partial charge >= 0.3 is 5.97 Å². The fourth-order valence-corrected chi connectivity index (χ4v) is 10.7. The largest absolute Gasteiger partial charge is 0.462 e. The summed E-state index contributed by atoms with van der Waals surface area (Å²) in [5.74, 6) is -2.39. The molecule has 15 heteroatoms. The van der Waals surface area contributed by atoms with Crippen LogP contribution in [0, 0.1) is 23.7 Å². The predicted molar refractivity (Wildman–Crippen MR) is 225 cm³/mol. The zero-order valence-corrected chi connectivity index (χ0v) is 38.0. The van der Waals surface area contributed by atoms with Gasteiger partial charge in [-0.15, -0.1) is 0 Å². The lowest BCUT2D eigenvalue weighted by Crippen LogP contribution is -2.57. The van der Waals surface area contributed by atoms with Crippen LogP contribution in [0.2, 0.25) is 0 Å². The van der Waals surface area contributed by atoms with Crippen LogP contribution in [0.5, 0.6) is 0 Å². The lowest BCUT2D eigenvalue weighted by atomic mass is 9.71. The fraction of sp³-hybridized carbons (Fsp3) is 0.766. The Kier molecular flexibility index (Phi) is 14.7. The number of rotatable bonds is 7. The Morgan fingerprint density at radius 2 is 1.71 bits per heavy atom. The van der Waals surface area contributed by atoms with Crippen LogP contribution in [0.15, 0.2) is 52.3 Å². The maximum atomic E-state index is 14.4. The number of nitrogens with zero attached hydrogens (tertiary/aromatic N) is 1. The van der Waals surface area contributed by atoms with Crippen LogP contribution in [-0.4, -0.2) is 134 Å². The van der Waals surface area contributed by atoms with Crippen molar-refractivity contribution in [1.29, 1.82) is 0 Å². The van der Waals surface area contributed by atoms with Crippen molar-refractivity contribution in [1.82, 2.24) is 0 Å². The van der Waals surface area contributed by atoms with E-state index in [0.29, 0.717) is 49.2 Å². The molecule has 5 fully saturated rings. The van der Waals surface area contributed by atoms with Gasteiger partial charge in [-0.05, 0) is 69.1 Å². The molecule has 15 nitrogen and oxygen atoms in total. The molecule has 5 saturated heterocycles. The molecule has 346 valence electrons. The van der Waals surface area contributed by atoms with Crippen molar-refractivity contribution in [3.05, 3.63) is 47.1 Å². The van der Waals surface area contributed by atoms with Crippen molar-refractivity contribution in [2.24, 2.45) is 28.8 Å². The second-order valence-corrected chi connectivity index (χ2v) is 18.9. The van der Waals surface area contributed by atoms with Crippen molar-refractivity contribution in [2.45, 2.75) is 185 Å². The Morgan fingerprint density at radius 1 is 0.952 bits per heavy atom. The van der Waals surface area contributed by atoms with Gasteiger partial charge in [0.25, 0.3) is 0 Å². The third-order valence-corrected chi connectivity index (χ3v) is 14.1. The van der Waals surface area contributed by atoms with Crippen molar-refractivity contribution in [3.8, 4) is 0 Å². The van der Waals surface area contributed by atoms with Gasteiger partial charge in [-0.1, -0.05) is 63.2 Å². The van der Waals surface area contributed by atoms with Gasteiger partial charge in [0.2, 0.25) is 0 Å². The van der Waals surface area contributed by atoms with E-state index in [1.807, 2.05) is 26.0 Å². The van der Waals surface area contributed by atoms with E-state index in [0.717, 1.165) is 12.0 Å². The van der Waals surface area contributed by atoms with E-state index < -0.39 is 84.7 Å². The molecule has 7 rings (SSSR count). The number of hydrogen-bond donors (Lipinski definition) is 2. The quantitative estimate of drug-likeness (QED) is 0.134. The number of ketones is 1. The van der Waals surface area contributed by atoms with Gasteiger partial charge in [-0.25, -0.2) is 0 Å². The molecule has 7 aliphatic rings. The van der Waals surface area contributed by atoms with Crippen LogP contribution >= 0.6 is 0 Å². The topological polar surface area (TPSA) is 179 Å². The minimum absolute atomic E-state index is 0.0103. The summed E-state index contributed by atoms with van der Waals surface area (Å²) in [4.78, 5) is 26.9. The van der Waals surface area contributed by atoms with E-state index >= 15 is 0 Å². The van der Waals surface area contributed by atoms with E-state index in [9.17, 15) is 19.9 Å². The second-order valence-electron chi connectivity index (χ2n) is 18.9. The molecule has 0 aromatic carbocycles. The SMILES string of the molecule is COC1CC(OC2C(C)OC(OC3/C(C)=C/CC4CC(CC5(CCC(C)C(C(C)C)O5)O4)OC(=O)C4C=C(C)/C(=N\O)C5OC/C(=C\C=C\C3C)C45O)CC2OC)OC(C)C1=O. The number of aliphatic hydroxyl groups is 1. The fourth-order valence-electron chi connectivity index (χ4n) is 10.7. The van der Waals surface area contributed by atoms with Gasteiger partial charge in [-0.3, -0.25) is 9.59 Å². The molecule has 17 unspecified atom stereocenters. The highest BCUT2D eigenvalue weighted by Crippen LogP contribution is 2.47. The Morgan fingerprint density at radius 3 is 2.42 bits per heavy atom. The van der Waals surface area contributed by atoms with Crippen LogP contribution < -0.4 is 0 Å². The first kappa shape index (κ1) is 47.1. The van der Waals surface area contributed by atoms with Crippen molar-refractivity contribution in [2.75, 3.05) is 20.8 Å². The predicted octanol–water partition coefficient (Wildman–Crippen LogP) is 5.89. The van der Waals surface area contributed by atoms with Gasteiger partial charge in [0.05, 0.1) is 37.1 Å². The second kappa shape index (κ2) is 19.3. The number of Topliss-reactive ketones (excluding diaryl/α,β-unsaturated/α-hetero) is 1. The average molecular weight is 872 g/mol. The Bertz CT molecular complexity index is 1790. The summed E-state index contributed by atoms with van der Waals surface area (Å²) in [6.07, 6.45) is 6.38. The lowest BCUT2D eigenvalue weighted by molar-refractivity contribution is -0.340. The van der Waals surface area contributed by atoms with Gasteiger partial charge in [-0.2, -0.15) is 0 Å². The summed E-state index contributed by atoms with van der Waals surface area (Å²) in [6.45, 7) is 16.0. The van der Waals surface area contributed by atoms with Crippen LogP contribution in [0.3, 0.4) is 0 Å². The molecule has 0 saturated carbocycles. The molecule has 62 heavy (non-hydrogen) atoms. The molecular weight excluding hydrogens is 803 g/mol. The number of methoxy groups -OCH3 is 2. The monoisotopic (exact) mass is 871 g/mol. The zero-order valence-electron chi connectivity index (χ0n) is 38.0. The summed E-state index contributed by atoms with van der Waals surface area (Å²) < 4.78 is 63.5. The van der Waals surface area contributed by atoms with Gasteiger partial charge in [0, 0.05) is 52.2 Å². The van der Waals surface area contributed by atoms with E-state index in [1.54, 1.807) is 33.1 Å². The van der Waals surface area contributed by atoms with Gasteiger partial charge < -0.3 is 57.7 Å². The smallest absolute Gasteiger partial charge is 0.316 e. The minimum Gasteiger partial charge on any atom is -0.462 e. The molecule has 0 aromatic heterocycles. The summed E-state index contributed by atoms with van der Waals surface area (Å²) in [5, 5.41) is 26.1. The molecule has 0 aromatic rings. The van der Waals surface area contributed by atoms with E-state index in [1.165, 1.54) is 7.11 Å². The maximum absolute atomic E-state index is 14.4. The Balaban J connectivity index is 1.19. The molecule has 6 aliphatic heterocycles. The van der Waals surface area contributed by atoms with Crippen LogP contribution in [0.1, 0.15) is 100 Å². The van der Waals surface area contributed by atoms with Crippen molar-refractivity contribution < 1.29 is 67.3 Å². The first-order valence-electron chi connectivity index (χ1n) is 22.6. The molecule has 6 heterocycles. The molecule has 0 radical (unpaired) electrons. The highest BCUT2D eigenvalue weighted by molar-refractivity contribution is 6.07. The van der Waals surface area contributed by atoms with Crippen LogP contribution in [0.4, 0.5) is 0 Å². The standard InChI is InChI=1S/C47H69NO14/c1-24(2)41-27(5)16-17-46(62-41)22-33-19-32(61-46)15-14-26(4)42(59-38-21-36(54-10)43(30(8)57-38)60-37-20-35(53-9)40(49)29(7)56-37)25(3)12-11-13-31-23-55-44-39(48-52)28(6)18-34(45(50)58-33)47(31,44)51/h11-14,18,24-25,27,29-30,32-38,41-44,51-52H,15-17,19-23H2,1-10H3/b12-11+,26-14+,31-13+,48-39+. The molecule has 1 spiro atoms. The van der Waals surface area contributed by atoms with Crippen molar-refractivity contribution in [3.63, 3.8) is 0 Å². The number of allylic oxidation sites excluding steroid dienone is 2. The summed E-state index contributed by atoms with van der Waals surface area (Å²) >= 11 is 0. The minimum atomic E-state index is -1.86. The summed E-state index contributed by atoms with van der Waals surface area (Å²) in [7, 11) is 3.14. The van der Waals surface area contributed by atoms with Crippen LogP contribution in [0.25, 0.3) is 0 Å². The third kappa shape index (κ3) is 9.45. The van der Waals surface area contributed by atoms with Gasteiger partial charge in [0.1, 0.15) is 47.8 Å². The molecule has 1 aliphatic carbocycles. The number of fused-ring (bicyclic) bond motifs is 2. The molecule has 0 amide bonds. The van der Waals surface area contributed by atoms with Gasteiger partial charge in [0.15, 0.2) is 24.2 Å². The highest BCUT2D eigenvalue weighted by Gasteiger charge is 2.60. The first-order valence-corrected chi connectivity index (χ1v) is 22.6. The molecule has 17 atom stereocenters. The average Bonchev–Trinajstić information content (AvgIpc) is 3.56. The maximum Gasteiger partial charge on any atom is 0.316 e. The molecular formula is C47H69NO14. The normalized spacial score (nSPS) is 47.3. The van der Waals surface area contributed by atoms with Crippen molar-refractivity contribution >= 4 is 17.5 Å². The number of carbonyl (C=O) groups is 2. The zero-order chi connectivity index (χ0) is 44.7. The van der Waals surface area contributed by atoms with E-state index in [-0.39, 0.29) is 48.6 Å². The number of hydrogen-bond acceptors (Lipinski definition) is 15. The summed E-state index contributed by atoms with van der Waals surface area (Å²) in [5.41, 5.74) is 0.235. The number of oxime groups is 1. The van der Waals surface area contributed by atoms with E-state index in [2.05, 4.69) is 38.9 Å². The lowest BCUT2D eigenvalue weighted by Gasteiger charge is -2.50. The Hall–Kier alpha value is -2.83. The van der Waals surface area contributed by atoms with E-state index in [4.69, 9.17) is 47.4 Å². The number of esters is 1. The third-order valence-electron chi connectivity index (χ3n) is 14.1. The molecule has 2 bridgehead atoms. The molecule has 2 N–H and O–H groups in total. The highest BCUT2D eigenvalue weighted by atomic mass is 16.7. The first-order chi connectivity index (χ1) is 29.5.